The monoisotopic (exact) mass is 183 g/mol. The third kappa shape index (κ3) is 1.70. The molecule has 1 heterocycles. The van der Waals surface area contributed by atoms with Gasteiger partial charge >= 0.3 is 5.97 Å². The Hall–Kier alpha value is -0.570. The summed E-state index contributed by atoms with van der Waals surface area (Å²) < 4.78 is 0. The maximum Gasteiger partial charge on any atom is 0.308 e. The summed E-state index contributed by atoms with van der Waals surface area (Å²) in [5.74, 6) is -0.329. The van der Waals surface area contributed by atoms with Gasteiger partial charge in [-0.3, -0.25) is 4.79 Å². The van der Waals surface area contributed by atoms with Crippen LogP contribution in [0.15, 0.2) is 0 Å². The minimum atomic E-state index is -0.609. The molecule has 0 amide bonds. The highest BCUT2D eigenvalue weighted by Crippen LogP contribution is 2.33. The first-order valence-electron chi connectivity index (χ1n) is 5.25. The van der Waals surface area contributed by atoms with Crippen LogP contribution in [0.4, 0.5) is 0 Å². The molecule has 0 aromatic rings. The minimum absolute atomic E-state index is 0.122. The van der Waals surface area contributed by atoms with Crippen LogP contribution in [0.3, 0.4) is 0 Å². The summed E-state index contributed by atoms with van der Waals surface area (Å²) in [5, 5.41) is 12.4. The van der Waals surface area contributed by atoms with Crippen molar-refractivity contribution in [2.75, 3.05) is 6.54 Å². The number of nitrogens with one attached hydrogen (secondary N) is 1. The van der Waals surface area contributed by atoms with Crippen LogP contribution in [0.25, 0.3) is 0 Å². The van der Waals surface area contributed by atoms with Crippen molar-refractivity contribution >= 4 is 5.97 Å². The van der Waals surface area contributed by atoms with E-state index in [-0.39, 0.29) is 5.92 Å². The Kier molecular flexibility index (Phi) is 2.54. The first kappa shape index (κ1) is 9.00. The lowest BCUT2D eigenvalue weighted by molar-refractivity contribution is -0.142. The fourth-order valence-corrected chi connectivity index (χ4v) is 2.77. The predicted octanol–water partition coefficient (Wildman–Crippen LogP) is 1.24. The van der Waals surface area contributed by atoms with E-state index < -0.39 is 5.97 Å². The Labute approximate surface area is 78.5 Å². The van der Waals surface area contributed by atoms with Gasteiger partial charge < -0.3 is 10.4 Å². The number of hydrogen-bond donors (Lipinski definition) is 2. The summed E-state index contributed by atoms with van der Waals surface area (Å²) >= 11 is 0. The second-order valence-corrected chi connectivity index (χ2v) is 4.26. The van der Waals surface area contributed by atoms with Crippen molar-refractivity contribution in [1.29, 1.82) is 0 Å². The van der Waals surface area contributed by atoms with Gasteiger partial charge in [-0.15, -0.1) is 0 Å². The van der Waals surface area contributed by atoms with Gasteiger partial charge in [-0.1, -0.05) is 19.3 Å². The normalized spacial score (nSPS) is 39.5. The van der Waals surface area contributed by atoms with Crippen LogP contribution in [0, 0.1) is 11.8 Å². The molecule has 1 saturated carbocycles. The molecule has 2 fully saturated rings. The second kappa shape index (κ2) is 3.66. The molecule has 2 rings (SSSR count). The molecular weight excluding hydrogens is 166 g/mol. The third-order valence-corrected chi connectivity index (χ3v) is 3.50. The maximum atomic E-state index is 10.9. The average molecular weight is 183 g/mol. The summed E-state index contributed by atoms with van der Waals surface area (Å²) in [6, 6.07) is 0.489. The Morgan fingerprint density at radius 3 is 2.77 bits per heavy atom. The number of carboxylic acid groups (broad SMARTS) is 1. The topological polar surface area (TPSA) is 49.3 Å². The Morgan fingerprint density at radius 1 is 1.23 bits per heavy atom. The zero-order valence-electron chi connectivity index (χ0n) is 7.83. The van der Waals surface area contributed by atoms with Crippen molar-refractivity contribution in [2.45, 2.75) is 38.1 Å². The van der Waals surface area contributed by atoms with E-state index in [4.69, 9.17) is 5.11 Å². The van der Waals surface area contributed by atoms with Crippen LogP contribution >= 0.6 is 0 Å². The number of carboxylic acids is 1. The molecule has 2 aliphatic rings. The highest BCUT2D eigenvalue weighted by molar-refractivity contribution is 5.71. The first-order chi connectivity index (χ1) is 6.29. The summed E-state index contributed by atoms with van der Waals surface area (Å²) in [6.07, 6.45) is 6.04. The standard InChI is InChI=1S/C10H17NO2/c12-10(13)8-6-11-9-5-3-1-2-4-7(8)9/h7-9,11H,1-6H2,(H,12,13). The molecule has 1 aliphatic carbocycles. The number of fused-ring (bicyclic) bond motifs is 1. The van der Waals surface area contributed by atoms with Gasteiger partial charge in [0.1, 0.15) is 0 Å². The highest BCUT2D eigenvalue weighted by atomic mass is 16.4. The molecule has 0 spiro atoms. The number of carbonyl (C=O) groups is 1. The Balaban J connectivity index is 2.06. The van der Waals surface area contributed by atoms with Gasteiger partial charge in [-0.25, -0.2) is 0 Å². The lowest BCUT2D eigenvalue weighted by Crippen LogP contribution is -2.27. The van der Waals surface area contributed by atoms with Crippen LogP contribution in [-0.4, -0.2) is 23.7 Å². The predicted molar refractivity (Wildman–Crippen MR) is 49.5 cm³/mol. The molecule has 0 bridgehead atoms. The van der Waals surface area contributed by atoms with E-state index in [9.17, 15) is 4.79 Å². The van der Waals surface area contributed by atoms with Crippen molar-refractivity contribution in [2.24, 2.45) is 11.8 Å². The SMILES string of the molecule is O=C(O)C1CNC2CCCCCC21. The maximum absolute atomic E-state index is 10.9. The van der Waals surface area contributed by atoms with E-state index in [0.717, 1.165) is 6.42 Å². The molecule has 2 N–H and O–H groups in total. The van der Waals surface area contributed by atoms with Crippen molar-refractivity contribution in [3.8, 4) is 0 Å². The molecule has 3 nitrogen and oxygen atoms in total. The summed E-state index contributed by atoms with van der Waals surface area (Å²) in [5.41, 5.74) is 0. The zero-order chi connectivity index (χ0) is 9.26. The van der Waals surface area contributed by atoms with Crippen LogP contribution in [0.1, 0.15) is 32.1 Å². The van der Waals surface area contributed by atoms with E-state index in [1.54, 1.807) is 0 Å². The van der Waals surface area contributed by atoms with E-state index in [1.807, 2.05) is 0 Å². The lowest BCUT2D eigenvalue weighted by atomic mass is 9.87. The van der Waals surface area contributed by atoms with Crippen LogP contribution in [-0.2, 0) is 4.79 Å². The molecule has 3 unspecified atom stereocenters. The van der Waals surface area contributed by atoms with E-state index in [1.165, 1.54) is 25.7 Å². The fourth-order valence-electron chi connectivity index (χ4n) is 2.77. The van der Waals surface area contributed by atoms with Gasteiger partial charge in [0.15, 0.2) is 0 Å². The number of hydrogen-bond acceptors (Lipinski definition) is 2. The van der Waals surface area contributed by atoms with Gasteiger partial charge in [0, 0.05) is 12.6 Å². The second-order valence-electron chi connectivity index (χ2n) is 4.26. The summed E-state index contributed by atoms with van der Waals surface area (Å²) in [6.45, 7) is 0.685. The van der Waals surface area contributed by atoms with Crippen molar-refractivity contribution in [3.63, 3.8) is 0 Å². The largest absolute Gasteiger partial charge is 0.481 e. The molecule has 1 aliphatic heterocycles. The van der Waals surface area contributed by atoms with Crippen LogP contribution in [0.2, 0.25) is 0 Å². The van der Waals surface area contributed by atoms with Crippen molar-refractivity contribution in [1.82, 2.24) is 5.32 Å². The summed E-state index contributed by atoms with van der Waals surface area (Å²) in [7, 11) is 0. The molecule has 3 heteroatoms. The lowest BCUT2D eigenvalue weighted by Gasteiger charge is -2.18. The molecule has 74 valence electrons. The Bertz CT molecular complexity index is 205. The fraction of sp³-hybridized carbons (Fsp3) is 0.900. The Morgan fingerprint density at radius 2 is 2.00 bits per heavy atom. The molecular formula is C10H17NO2. The van der Waals surface area contributed by atoms with Gasteiger partial charge in [0.05, 0.1) is 5.92 Å². The first-order valence-corrected chi connectivity index (χ1v) is 5.25. The van der Waals surface area contributed by atoms with E-state index >= 15 is 0 Å². The molecule has 1 saturated heterocycles. The number of rotatable bonds is 1. The summed E-state index contributed by atoms with van der Waals surface area (Å²) in [4.78, 5) is 10.9. The van der Waals surface area contributed by atoms with Crippen LogP contribution in [0.5, 0.6) is 0 Å². The van der Waals surface area contributed by atoms with Gasteiger partial charge in [-0.2, -0.15) is 0 Å². The minimum Gasteiger partial charge on any atom is -0.481 e. The third-order valence-electron chi connectivity index (χ3n) is 3.50. The van der Waals surface area contributed by atoms with E-state index in [0.29, 0.717) is 18.5 Å². The molecule has 0 aromatic carbocycles. The average Bonchev–Trinajstić information content (AvgIpc) is 2.36. The van der Waals surface area contributed by atoms with Gasteiger partial charge in [-0.05, 0) is 18.8 Å². The number of aliphatic carboxylic acids is 1. The molecule has 0 aromatic heterocycles. The smallest absolute Gasteiger partial charge is 0.308 e. The molecule has 13 heavy (non-hydrogen) atoms. The molecule has 0 radical (unpaired) electrons. The van der Waals surface area contributed by atoms with E-state index in [2.05, 4.69) is 5.32 Å². The zero-order valence-corrected chi connectivity index (χ0v) is 7.83. The highest BCUT2D eigenvalue weighted by Gasteiger charge is 2.39. The van der Waals surface area contributed by atoms with Gasteiger partial charge in [0.25, 0.3) is 0 Å². The van der Waals surface area contributed by atoms with Crippen LogP contribution < -0.4 is 5.32 Å². The molecule has 3 atom stereocenters. The van der Waals surface area contributed by atoms with Crippen molar-refractivity contribution < 1.29 is 9.90 Å². The quantitative estimate of drug-likeness (QED) is 0.643. The van der Waals surface area contributed by atoms with Gasteiger partial charge in [0.2, 0.25) is 0 Å². The van der Waals surface area contributed by atoms with Crippen molar-refractivity contribution in [3.05, 3.63) is 0 Å².